The number of carbonyl (C=O) groups is 1. The summed E-state index contributed by atoms with van der Waals surface area (Å²) in [6, 6.07) is 15.9. The molecule has 0 N–H and O–H groups in total. The maximum Gasteiger partial charge on any atom is 0.184 e. The molecule has 4 rings (SSSR count). The monoisotopic (exact) mass is 430 g/mol. The van der Waals surface area contributed by atoms with Crippen LogP contribution < -0.4 is 9.47 Å². The van der Waals surface area contributed by atoms with E-state index in [9.17, 15) is 9.18 Å². The second kappa shape index (κ2) is 9.56. The highest BCUT2D eigenvalue weighted by Crippen LogP contribution is 2.29. The minimum atomic E-state index is -0.263. The number of fused-ring (bicyclic) bond motifs is 1. The zero-order chi connectivity index (χ0) is 22.5. The Balaban J connectivity index is 1.65. The van der Waals surface area contributed by atoms with Crippen molar-refractivity contribution < 1.29 is 18.7 Å². The van der Waals surface area contributed by atoms with Crippen molar-refractivity contribution in [3.05, 3.63) is 95.2 Å². The third-order valence-corrected chi connectivity index (χ3v) is 5.19. The number of carbonyl (C=O) groups excluding carboxylic acids is 1. The van der Waals surface area contributed by atoms with Gasteiger partial charge in [-0.1, -0.05) is 31.2 Å². The molecular weight excluding hydrogens is 407 g/mol. The average Bonchev–Trinajstić information content (AvgIpc) is 2.83. The molecule has 32 heavy (non-hydrogen) atoms. The van der Waals surface area contributed by atoms with E-state index >= 15 is 0 Å². The predicted octanol–water partition coefficient (Wildman–Crippen LogP) is 5.54. The highest BCUT2D eigenvalue weighted by Gasteiger charge is 2.18. The summed E-state index contributed by atoms with van der Waals surface area (Å²) in [4.78, 5) is 21.5. The Labute approximate surface area is 185 Å². The molecule has 0 aliphatic carbocycles. The smallest absolute Gasteiger partial charge is 0.184 e. The van der Waals surface area contributed by atoms with Crippen LogP contribution in [0.25, 0.3) is 10.9 Å². The Bertz CT molecular complexity index is 1240. The number of hydrogen-bond acceptors (Lipinski definition) is 5. The van der Waals surface area contributed by atoms with Crippen LogP contribution in [0.1, 0.15) is 40.5 Å². The number of pyridine rings is 2. The molecule has 0 saturated heterocycles. The van der Waals surface area contributed by atoms with Gasteiger partial charge in [0.25, 0.3) is 0 Å². The van der Waals surface area contributed by atoms with Crippen LogP contribution in [0.4, 0.5) is 4.39 Å². The van der Waals surface area contributed by atoms with Crippen molar-refractivity contribution in [3.63, 3.8) is 0 Å². The van der Waals surface area contributed by atoms with Crippen molar-refractivity contribution in [2.75, 3.05) is 7.11 Å². The van der Waals surface area contributed by atoms with Gasteiger partial charge in [0, 0.05) is 24.2 Å². The SMILES string of the molecule is CCC(=O)c1ncc2cc(Cc3ccc(F)cc3)cnc2c1OCc1ccc(OC)cc1. The van der Waals surface area contributed by atoms with Gasteiger partial charge in [-0.05, 0) is 53.4 Å². The summed E-state index contributed by atoms with van der Waals surface area (Å²) >= 11 is 0. The molecule has 0 unspecified atom stereocenters. The number of Topliss-reactive ketones (excluding diaryl/α,β-unsaturated/α-hetero) is 1. The zero-order valence-electron chi connectivity index (χ0n) is 18.0. The summed E-state index contributed by atoms with van der Waals surface area (Å²) in [5.74, 6) is 0.784. The first-order chi connectivity index (χ1) is 15.6. The molecule has 0 amide bonds. The van der Waals surface area contributed by atoms with E-state index in [4.69, 9.17) is 9.47 Å². The second-order valence-electron chi connectivity index (χ2n) is 7.43. The van der Waals surface area contributed by atoms with E-state index in [1.807, 2.05) is 30.3 Å². The number of methoxy groups -OCH3 is 1. The van der Waals surface area contributed by atoms with Crippen LogP contribution >= 0.6 is 0 Å². The summed E-state index contributed by atoms with van der Waals surface area (Å²) < 4.78 is 24.4. The zero-order valence-corrected chi connectivity index (χ0v) is 18.0. The molecule has 4 aromatic rings. The van der Waals surface area contributed by atoms with Crippen molar-refractivity contribution in [3.8, 4) is 11.5 Å². The van der Waals surface area contributed by atoms with Gasteiger partial charge in [-0.25, -0.2) is 9.37 Å². The fraction of sp³-hybridized carbons (Fsp3) is 0.192. The Hall–Kier alpha value is -3.80. The molecule has 0 fully saturated rings. The third-order valence-electron chi connectivity index (χ3n) is 5.19. The number of aromatic nitrogens is 2. The van der Waals surface area contributed by atoms with Gasteiger partial charge in [0.05, 0.1) is 7.11 Å². The summed E-state index contributed by atoms with van der Waals surface area (Å²) in [5, 5.41) is 0.780. The highest BCUT2D eigenvalue weighted by molar-refractivity contribution is 6.01. The lowest BCUT2D eigenvalue weighted by Crippen LogP contribution is -2.07. The predicted molar refractivity (Wildman–Crippen MR) is 121 cm³/mol. The van der Waals surface area contributed by atoms with Crippen LogP contribution in [0.3, 0.4) is 0 Å². The molecule has 162 valence electrons. The summed E-state index contributed by atoms with van der Waals surface area (Å²) in [6.07, 6.45) is 4.34. The van der Waals surface area contributed by atoms with Crippen molar-refractivity contribution in [2.24, 2.45) is 0 Å². The highest BCUT2D eigenvalue weighted by atomic mass is 19.1. The van der Waals surface area contributed by atoms with Crippen LogP contribution in [0.5, 0.6) is 11.5 Å². The molecule has 5 nitrogen and oxygen atoms in total. The van der Waals surface area contributed by atoms with Gasteiger partial charge in [0.1, 0.15) is 23.7 Å². The number of halogens is 1. The van der Waals surface area contributed by atoms with Crippen molar-refractivity contribution in [2.45, 2.75) is 26.4 Å². The summed E-state index contributed by atoms with van der Waals surface area (Å²) in [6.45, 7) is 2.06. The largest absolute Gasteiger partial charge is 0.497 e. The number of hydrogen-bond donors (Lipinski definition) is 0. The fourth-order valence-corrected chi connectivity index (χ4v) is 3.44. The van der Waals surface area contributed by atoms with Crippen LogP contribution in [-0.2, 0) is 13.0 Å². The third kappa shape index (κ3) is 4.75. The molecule has 0 saturated carbocycles. The van der Waals surface area contributed by atoms with E-state index in [1.165, 1.54) is 12.1 Å². The number of nitrogens with zero attached hydrogens (tertiary/aromatic N) is 2. The first-order valence-electron chi connectivity index (χ1n) is 10.4. The van der Waals surface area contributed by atoms with Crippen molar-refractivity contribution >= 4 is 16.7 Å². The number of ether oxygens (including phenoxy) is 2. The van der Waals surface area contributed by atoms with Gasteiger partial charge in [-0.2, -0.15) is 0 Å². The second-order valence-corrected chi connectivity index (χ2v) is 7.43. The molecule has 2 heterocycles. The minimum absolute atomic E-state index is 0.103. The molecule has 0 atom stereocenters. The molecule has 0 aliphatic heterocycles. The van der Waals surface area contributed by atoms with Crippen LogP contribution in [0.2, 0.25) is 0 Å². The van der Waals surface area contributed by atoms with E-state index in [2.05, 4.69) is 9.97 Å². The van der Waals surface area contributed by atoms with Gasteiger partial charge in [0.2, 0.25) is 0 Å². The lowest BCUT2D eigenvalue weighted by Gasteiger charge is -2.13. The first kappa shape index (κ1) is 21.4. The normalized spacial score (nSPS) is 10.8. The van der Waals surface area contributed by atoms with Crippen LogP contribution in [-0.4, -0.2) is 22.9 Å². The van der Waals surface area contributed by atoms with Crippen molar-refractivity contribution in [1.82, 2.24) is 9.97 Å². The maximum absolute atomic E-state index is 13.2. The minimum Gasteiger partial charge on any atom is -0.497 e. The molecule has 6 heteroatoms. The quantitative estimate of drug-likeness (QED) is 0.344. The Morgan fingerprint density at radius 2 is 1.66 bits per heavy atom. The average molecular weight is 430 g/mol. The Morgan fingerprint density at radius 3 is 2.34 bits per heavy atom. The van der Waals surface area contributed by atoms with Crippen LogP contribution in [0.15, 0.2) is 67.0 Å². The standard InChI is InChI=1S/C26H23FN2O3/c1-3-23(30)25-26(32-16-18-6-10-22(31-2)11-7-18)24-20(15-29-25)13-19(14-28-24)12-17-4-8-21(27)9-5-17/h4-11,13-15H,3,12,16H2,1-2H3. The van der Waals surface area contributed by atoms with Gasteiger partial charge in [-0.15, -0.1) is 0 Å². The van der Waals surface area contributed by atoms with E-state index in [0.29, 0.717) is 24.1 Å². The van der Waals surface area contributed by atoms with Gasteiger partial charge < -0.3 is 9.47 Å². The molecule has 0 bridgehead atoms. The van der Waals surface area contributed by atoms with E-state index in [0.717, 1.165) is 27.8 Å². The molecule has 2 aromatic heterocycles. The van der Waals surface area contributed by atoms with E-state index in [-0.39, 0.29) is 23.9 Å². The Morgan fingerprint density at radius 1 is 0.938 bits per heavy atom. The lowest BCUT2D eigenvalue weighted by atomic mass is 10.0. The number of ketones is 1. The lowest BCUT2D eigenvalue weighted by molar-refractivity contribution is 0.0979. The maximum atomic E-state index is 13.2. The van der Waals surface area contributed by atoms with Crippen molar-refractivity contribution in [1.29, 1.82) is 0 Å². The molecule has 0 aliphatic rings. The topological polar surface area (TPSA) is 61.3 Å². The Kier molecular flexibility index (Phi) is 6.40. The summed E-state index contributed by atoms with van der Waals surface area (Å²) in [7, 11) is 1.62. The van der Waals surface area contributed by atoms with E-state index in [1.54, 1.807) is 38.6 Å². The fourth-order valence-electron chi connectivity index (χ4n) is 3.44. The molecule has 0 spiro atoms. The van der Waals surface area contributed by atoms with Crippen LogP contribution in [0, 0.1) is 5.82 Å². The summed E-state index contributed by atoms with van der Waals surface area (Å²) in [5.41, 5.74) is 3.75. The molecule has 2 aromatic carbocycles. The van der Waals surface area contributed by atoms with Gasteiger partial charge in [0.15, 0.2) is 17.2 Å². The van der Waals surface area contributed by atoms with E-state index < -0.39 is 0 Å². The van der Waals surface area contributed by atoms with Gasteiger partial charge in [-0.3, -0.25) is 9.78 Å². The number of benzene rings is 2. The molecule has 0 radical (unpaired) electrons. The first-order valence-corrected chi connectivity index (χ1v) is 10.4. The van der Waals surface area contributed by atoms with Gasteiger partial charge >= 0.3 is 0 Å². The molecular formula is C26H23FN2O3. The number of rotatable bonds is 8.